The molecule has 0 aromatic heterocycles. The third-order valence-electron chi connectivity index (χ3n) is 5.13. The summed E-state index contributed by atoms with van der Waals surface area (Å²) >= 11 is 0. The Kier molecular flexibility index (Phi) is 5.89. The summed E-state index contributed by atoms with van der Waals surface area (Å²) in [5, 5.41) is 22.3. The molecule has 3 rings (SSSR count). The highest BCUT2D eigenvalue weighted by molar-refractivity contribution is 5.67. The normalized spacial score (nSPS) is 15.0. The number of nitrogens with zero attached hydrogens (tertiary/aromatic N) is 4. The number of anilines is 1. The van der Waals surface area contributed by atoms with Crippen molar-refractivity contribution in [1.29, 1.82) is 0 Å². The van der Waals surface area contributed by atoms with E-state index in [9.17, 15) is 20.2 Å². The second-order valence-corrected chi connectivity index (χ2v) is 7.35. The van der Waals surface area contributed by atoms with Crippen molar-refractivity contribution in [2.75, 3.05) is 31.1 Å². The summed E-state index contributed by atoms with van der Waals surface area (Å²) in [5.74, 6) is 0.509. The lowest BCUT2D eigenvalue weighted by Gasteiger charge is -2.35. The minimum Gasteiger partial charge on any atom is -0.363 e. The summed E-state index contributed by atoms with van der Waals surface area (Å²) in [6, 6.07) is 12.5. The number of piperazine rings is 1. The van der Waals surface area contributed by atoms with E-state index in [1.165, 1.54) is 23.3 Å². The fourth-order valence-corrected chi connectivity index (χ4v) is 3.45. The number of non-ortho nitro benzene ring substituents is 1. The van der Waals surface area contributed by atoms with E-state index in [0.29, 0.717) is 24.7 Å². The second kappa shape index (κ2) is 8.35. The van der Waals surface area contributed by atoms with Gasteiger partial charge in [-0.1, -0.05) is 38.1 Å². The first-order chi connectivity index (χ1) is 13.3. The van der Waals surface area contributed by atoms with E-state index in [2.05, 4.69) is 43.0 Å². The van der Waals surface area contributed by atoms with E-state index in [1.807, 2.05) is 4.90 Å². The first-order valence-electron chi connectivity index (χ1n) is 9.34. The van der Waals surface area contributed by atoms with Crippen molar-refractivity contribution in [3.05, 3.63) is 73.8 Å². The van der Waals surface area contributed by atoms with Gasteiger partial charge in [-0.25, -0.2) is 0 Å². The van der Waals surface area contributed by atoms with Crippen LogP contribution in [0.3, 0.4) is 0 Å². The number of rotatable bonds is 6. The van der Waals surface area contributed by atoms with Crippen LogP contribution in [0.15, 0.2) is 42.5 Å². The molecule has 1 aliphatic heterocycles. The molecule has 8 nitrogen and oxygen atoms in total. The molecule has 0 spiro atoms. The summed E-state index contributed by atoms with van der Waals surface area (Å²) in [6.45, 7) is 8.03. The van der Waals surface area contributed by atoms with Crippen LogP contribution in [-0.4, -0.2) is 40.9 Å². The van der Waals surface area contributed by atoms with Crippen molar-refractivity contribution in [3.63, 3.8) is 0 Å². The Balaban J connectivity index is 1.65. The van der Waals surface area contributed by atoms with Gasteiger partial charge >= 0.3 is 0 Å². The highest BCUT2D eigenvalue weighted by Gasteiger charge is 2.26. The molecule has 0 bridgehead atoms. The van der Waals surface area contributed by atoms with E-state index >= 15 is 0 Å². The highest BCUT2D eigenvalue weighted by atomic mass is 16.6. The predicted molar refractivity (Wildman–Crippen MR) is 108 cm³/mol. The van der Waals surface area contributed by atoms with E-state index in [1.54, 1.807) is 0 Å². The van der Waals surface area contributed by atoms with Crippen LogP contribution in [0.2, 0.25) is 0 Å². The van der Waals surface area contributed by atoms with Crippen molar-refractivity contribution in [2.45, 2.75) is 26.3 Å². The molecule has 0 saturated carbocycles. The quantitative estimate of drug-likeness (QED) is 0.553. The minimum absolute atomic E-state index is 0.216. The number of nitro groups is 2. The summed E-state index contributed by atoms with van der Waals surface area (Å²) in [5.41, 5.74) is 2.53. The molecule has 2 aromatic carbocycles. The molecular weight excluding hydrogens is 360 g/mol. The Labute approximate surface area is 163 Å². The van der Waals surface area contributed by atoms with Crippen LogP contribution in [0.1, 0.15) is 30.9 Å². The molecule has 8 heteroatoms. The molecule has 148 valence electrons. The summed E-state index contributed by atoms with van der Waals surface area (Å²) in [4.78, 5) is 25.4. The molecule has 0 atom stereocenters. The van der Waals surface area contributed by atoms with Gasteiger partial charge in [-0.05, 0) is 23.1 Å². The van der Waals surface area contributed by atoms with Gasteiger partial charge in [-0.2, -0.15) is 0 Å². The third-order valence-corrected chi connectivity index (χ3v) is 5.13. The zero-order valence-electron chi connectivity index (χ0n) is 16.1. The van der Waals surface area contributed by atoms with Gasteiger partial charge in [0.25, 0.3) is 11.4 Å². The zero-order chi connectivity index (χ0) is 20.3. The Morgan fingerprint density at radius 2 is 1.57 bits per heavy atom. The lowest BCUT2D eigenvalue weighted by atomic mass is 10.0. The number of hydrogen-bond donors (Lipinski definition) is 0. The fraction of sp³-hybridized carbons (Fsp3) is 0.400. The van der Waals surface area contributed by atoms with Crippen molar-refractivity contribution < 1.29 is 9.85 Å². The first-order valence-corrected chi connectivity index (χ1v) is 9.34. The summed E-state index contributed by atoms with van der Waals surface area (Å²) in [7, 11) is 0. The molecule has 1 aliphatic rings. The van der Waals surface area contributed by atoms with Gasteiger partial charge in [0, 0.05) is 38.8 Å². The Hall–Kier alpha value is -3.00. The molecule has 0 radical (unpaired) electrons. The summed E-state index contributed by atoms with van der Waals surface area (Å²) < 4.78 is 0. The SMILES string of the molecule is CC(C)c1ccc(CN2CCN(c3ccc([N+](=O)[O-])cc3[N+](=O)[O-])CC2)cc1. The maximum absolute atomic E-state index is 11.4. The van der Waals surface area contributed by atoms with Crippen LogP contribution in [0.25, 0.3) is 0 Å². The fourth-order valence-electron chi connectivity index (χ4n) is 3.45. The highest BCUT2D eigenvalue weighted by Crippen LogP contribution is 2.32. The predicted octanol–water partition coefficient (Wildman–Crippen LogP) is 3.95. The maximum Gasteiger partial charge on any atom is 0.299 e. The molecule has 0 aliphatic carbocycles. The van der Waals surface area contributed by atoms with E-state index in [0.717, 1.165) is 25.7 Å². The van der Waals surface area contributed by atoms with Crippen LogP contribution in [0, 0.1) is 20.2 Å². The van der Waals surface area contributed by atoms with Gasteiger partial charge in [-0.3, -0.25) is 25.1 Å². The van der Waals surface area contributed by atoms with Crippen molar-refractivity contribution in [1.82, 2.24) is 4.90 Å². The molecule has 2 aromatic rings. The van der Waals surface area contributed by atoms with E-state index in [4.69, 9.17) is 0 Å². The van der Waals surface area contributed by atoms with Gasteiger partial charge in [-0.15, -0.1) is 0 Å². The van der Waals surface area contributed by atoms with Gasteiger partial charge < -0.3 is 4.90 Å². The largest absolute Gasteiger partial charge is 0.363 e. The molecule has 0 amide bonds. The van der Waals surface area contributed by atoms with Crippen LogP contribution < -0.4 is 4.90 Å². The van der Waals surface area contributed by atoms with E-state index in [-0.39, 0.29) is 11.4 Å². The van der Waals surface area contributed by atoms with Gasteiger partial charge in [0.15, 0.2) is 0 Å². The average Bonchev–Trinajstić information content (AvgIpc) is 2.68. The average molecular weight is 384 g/mol. The smallest absolute Gasteiger partial charge is 0.299 e. The Bertz CT molecular complexity index is 859. The second-order valence-electron chi connectivity index (χ2n) is 7.35. The Morgan fingerprint density at radius 1 is 0.929 bits per heavy atom. The third kappa shape index (κ3) is 4.45. The van der Waals surface area contributed by atoms with E-state index < -0.39 is 9.85 Å². The van der Waals surface area contributed by atoms with Crippen LogP contribution >= 0.6 is 0 Å². The summed E-state index contributed by atoms with van der Waals surface area (Å²) in [6.07, 6.45) is 0. The number of nitro benzene ring substituents is 2. The van der Waals surface area contributed by atoms with Gasteiger partial charge in [0.1, 0.15) is 5.69 Å². The Morgan fingerprint density at radius 3 is 2.11 bits per heavy atom. The van der Waals surface area contributed by atoms with Crippen molar-refractivity contribution in [3.8, 4) is 0 Å². The molecule has 1 fully saturated rings. The molecule has 0 unspecified atom stereocenters. The monoisotopic (exact) mass is 384 g/mol. The first kappa shape index (κ1) is 19.8. The zero-order valence-corrected chi connectivity index (χ0v) is 16.1. The standard InChI is InChI=1S/C20H24N4O4/c1-15(2)17-5-3-16(4-6-17)14-21-9-11-22(12-10-21)19-8-7-18(23(25)26)13-20(19)24(27)28/h3-8,13,15H,9-12,14H2,1-2H3. The number of benzene rings is 2. The minimum atomic E-state index is -0.612. The maximum atomic E-state index is 11.4. The number of hydrogen-bond acceptors (Lipinski definition) is 6. The van der Waals surface area contributed by atoms with Crippen LogP contribution in [-0.2, 0) is 6.54 Å². The molecule has 0 N–H and O–H groups in total. The van der Waals surface area contributed by atoms with Crippen molar-refractivity contribution >= 4 is 17.1 Å². The van der Waals surface area contributed by atoms with Gasteiger partial charge in [0.05, 0.1) is 15.9 Å². The van der Waals surface area contributed by atoms with Crippen LogP contribution in [0.5, 0.6) is 0 Å². The molecule has 28 heavy (non-hydrogen) atoms. The molecular formula is C20H24N4O4. The lowest BCUT2D eigenvalue weighted by Crippen LogP contribution is -2.46. The van der Waals surface area contributed by atoms with Gasteiger partial charge in [0.2, 0.25) is 0 Å². The molecule has 1 heterocycles. The lowest BCUT2D eigenvalue weighted by molar-refractivity contribution is -0.393. The van der Waals surface area contributed by atoms with Crippen LogP contribution in [0.4, 0.5) is 17.1 Å². The molecule has 1 saturated heterocycles. The van der Waals surface area contributed by atoms with Crippen molar-refractivity contribution in [2.24, 2.45) is 0 Å². The topological polar surface area (TPSA) is 92.8 Å².